The van der Waals surface area contributed by atoms with Crippen LogP contribution in [0.3, 0.4) is 0 Å². The summed E-state index contributed by atoms with van der Waals surface area (Å²) in [6, 6.07) is 5.96. The number of amides is 1. The summed E-state index contributed by atoms with van der Waals surface area (Å²) in [5.41, 5.74) is 0.769. The maximum atomic E-state index is 13.1. The number of carbonyl (C=O) groups excluding carboxylic acids is 1. The lowest BCUT2D eigenvalue weighted by Crippen LogP contribution is -2.49. The Bertz CT molecular complexity index is 1280. The lowest BCUT2D eigenvalue weighted by Gasteiger charge is -2.34. The number of hydrogen-bond donors (Lipinski definition) is 0. The van der Waals surface area contributed by atoms with Gasteiger partial charge in [0.05, 0.1) is 13.2 Å². The van der Waals surface area contributed by atoms with Gasteiger partial charge in [0.2, 0.25) is 16.9 Å². The van der Waals surface area contributed by atoms with E-state index in [0.29, 0.717) is 31.3 Å². The Balaban J connectivity index is 1.12. The number of nitrogens with zero attached hydrogens (tertiary/aromatic N) is 6. The van der Waals surface area contributed by atoms with E-state index in [9.17, 15) is 9.59 Å². The summed E-state index contributed by atoms with van der Waals surface area (Å²) in [5, 5.41) is 5.16. The molecule has 3 aliphatic heterocycles. The van der Waals surface area contributed by atoms with Crippen molar-refractivity contribution in [2.24, 2.45) is 0 Å². The molecule has 6 rings (SSSR count). The van der Waals surface area contributed by atoms with E-state index in [1.165, 1.54) is 22.0 Å². The molecule has 0 atom stereocenters. The van der Waals surface area contributed by atoms with E-state index in [-0.39, 0.29) is 18.3 Å². The Morgan fingerprint density at radius 3 is 2.65 bits per heavy atom. The van der Waals surface area contributed by atoms with Crippen LogP contribution in [0.2, 0.25) is 0 Å². The van der Waals surface area contributed by atoms with E-state index in [1.54, 1.807) is 4.90 Å². The first-order valence-corrected chi connectivity index (χ1v) is 12.1. The van der Waals surface area contributed by atoms with Gasteiger partial charge in [0, 0.05) is 52.0 Å². The van der Waals surface area contributed by atoms with Gasteiger partial charge in [-0.25, -0.2) is 4.98 Å². The first-order valence-electron chi connectivity index (χ1n) is 11.3. The number of piperazine rings is 1. The predicted molar refractivity (Wildman–Crippen MR) is 124 cm³/mol. The summed E-state index contributed by atoms with van der Waals surface area (Å²) in [5.74, 6) is 1.25. The van der Waals surface area contributed by atoms with Crippen LogP contribution in [-0.4, -0.2) is 89.6 Å². The second kappa shape index (κ2) is 8.85. The second-order valence-electron chi connectivity index (χ2n) is 8.41. The minimum Gasteiger partial charge on any atom is -0.454 e. The fourth-order valence-electron chi connectivity index (χ4n) is 4.38. The van der Waals surface area contributed by atoms with Crippen LogP contribution in [0, 0.1) is 0 Å². The SMILES string of the molecule is O=C(c1cnc2sc(N3CCOCC3)nn2c1=O)N1CCN(Cc2ccc3c(c2)OCO3)CC1. The third kappa shape index (κ3) is 3.97. The highest BCUT2D eigenvalue weighted by atomic mass is 32.1. The number of rotatable bonds is 4. The summed E-state index contributed by atoms with van der Waals surface area (Å²) in [6.45, 7) is 6.24. The average Bonchev–Trinajstić information content (AvgIpc) is 3.52. The molecule has 11 nitrogen and oxygen atoms in total. The summed E-state index contributed by atoms with van der Waals surface area (Å²) < 4.78 is 17.5. The van der Waals surface area contributed by atoms with Gasteiger partial charge < -0.3 is 24.0 Å². The molecule has 0 bridgehead atoms. The molecule has 3 aromatic rings. The molecule has 3 aliphatic rings. The van der Waals surface area contributed by atoms with Crippen molar-refractivity contribution in [1.82, 2.24) is 24.4 Å². The van der Waals surface area contributed by atoms with Crippen LogP contribution in [0.15, 0.2) is 29.2 Å². The summed E-state index contributed by atoms with van der Waals surface area (Å²) >= 11 is 1.35. The summed E-state index contributed by atoms with van der Waals surface area (Å²) in [4.78, 5) is 37.1. The molecule has 1 amide bonds. The number of fused-ring (bicyclic) bond motifs is 2. The van der Waals surface area contributed by atoms with E-state index >= 15 is 0 Å². The van der Waals surface area contributed by atoms with E-state index in [4.69, 9.17) is 14.2 Å². The topological polar surface area (TPSA) is 102 Å². The van der Waals surface area contributed by atoms with Gasteiger partial charge in [-0.1, -0.05) is 17.4 Å². The van der Waals surface area contributed by atoms with Gasteiger partial charge in [-0.2, -0.15) is 4.52 Å². The molecule has 0 saturated carbocycles. The zero-order valence-corrected chi connectivity index (χ0v) is 19.3. The first kappa shape index (κ1) is 21.3. The van der Waals surface area contributed by atoms with Gasteiger partial charge in [0.1, 0.15) is 5.56 Å². The normalized spacial score (nSPS) is 18.6. The zero-order chi connectivity index (χ0) is 23.1. The number of aromatic nitrogens is 3. The summed E-state index contributed by atoms with van der Waals surface area (Å²) in [6.07, 6.45) is 1.39. The molecule has 1 aromatic carbocycles. The van der Waals surface area contributed by atoms with E-state index < -0.39 is 5.56 Å². The number of benzene rings is 1. The Kier molecular flexibility index (Phi) is 5.55. The smallest absolute Gasteiger partial charge is 0.288 e. The third-order valence-corrected chi connectivity index (χ3v) is 7.27. The molecule has 2 saturated heterocycles. The Morgan fingerprint density at radius 2 is 1.82 bits per heavy atom. The minimum absolute atomic E-state index is 0.0561. The van der Waals surface area contributed by atoms with Crippen molar-refractivity contribution in [2.75, 3.05) is 64.2 Å². The molecule has 0 aliphatic carbocycles. The van der Waals surface area contributed by atoms with Crippen LogP contribution in [-0.2, 0) is 11.3 Å². The Hall–Kier alpha value is -3.22. The quantitative estimate of drug-likeness (QED) is 0.529. The average molecular weight is 485 g/mol. The number of ether oxygens (including phenoxy) is 3. The van der Waals surface area contributed by atoms with Crippen molar-refractivity contribution >= 4 is 27.3 Å². The lowest BCUT2D eigenvalue weighted by atomic mass is 10.1. The first-order chi connectivity index (χ1) is 16.7. The van der Waals surface area contributed by atoms with Crippen LogP contribution >= 0.6 is 11.3 Å². The Labute approximate surface area is 199 Å². The molecule has 0 unspecified atom stereocenters. The molecular weight excluding hydrogens is 460 g/mol. The van der Waals surface area contributed by atoms with Gasteiger partial charge in [0.15, 0.2) is 11.5 Å². The van der Waals surface area contributed by atoms with E-state index in [1.807, 2.05) is 18.2 Å². The fourth-order valence-corrected chi connectivity index (χ4v) is 5.30. The van der Waals surface area contributed by atoms with Crippen LogP contribution in [0.25, 0.3) is 4.96 Å². The van der Waals surface area contributed by atoms with E-state index in [2.05, 4.69) is 19.9 Å². The van der Waals surface area contributed by atoms with Crippen LogP contribution < -0.4 is 19.9 Å². The Morgan fingerprint density at radius 1 is 1.03 bits per heavy atom. The van der Waals surface area contributed by atoms with Gasteiger partial charge in [-0.15, -0.1) is 5.10 Å². The number of hydrogen-bond acceptors (Lipinski definition) is 10. The number of anilines is 1. The highest BCUT2D eigenvalue weighted by Crippen LogP contribution is 2.33. The standard InChI is InChI=1S/C22H24N6O5S/c29-19(16-12-23-21-28(20(16)30)24-22(34-21)27-7-9-31-10-8-27)26-5-3-25(4-6-26)13-15-1-2-17-18(11-15)33-14-32-17/h1-2,11-12H,3-10,13-14H2. The molecule has 2 aromatic heterocycles. The van der Waals surface area contributed by atoms with Gasteiger partial charge in [-0.3, -0.25) is 14.5 Å². The minimum atomic E-state index is -0.423. The van der Waals surface area contributed by atoms with Crippen molar-refractivity contribution in [3.05, 3.63) is 45.9 Å². The molecular formula is C22H24N6O5S. The maximum absolute atomic E-state index is 13.1. The zero-order valence-electron chi connectivity index (χ0n) is 18.5. The molecule has 0 radical (unpaired) electrons. The number of carbonyl (C=O) groups is 1. The monoisotopic (exact) mass is 484 g/mol. The highest BCUT2D eigenvalue weighted by molar-refractivity contribution is 7.20. The molecule has 0 N–H and O–H groups in total. The van der Waals surface area contributed by atoms with Gasteiger partial charge >= 0.3 is 0 Å². The van der Waals surface area contributed by atoms with Crippen molar-refractivity contribution in [2.45, 2.75) is 6.54 Å². The molecule has 0 spiro atoms. The van der Waals surface area contributed by atoms with E-state index in [0.717, 1.165) is 54.9 Å². The van der Waals surface area contributed by atoms with Crippen LogP contribution in [0.4, 0.5) is 5.13 Å². The largest absolute Gasteiger partial charge is 0.454 e. The predicted octanol–water partition coefficient (Wildman–Crippen LogP) is 0.674. The van der Waals surface area contributed by atoms with Crippen molar-refractivity contribution in [3.8, 4) is 11.5 Å². The van der Waals surface area contributed by atoms with Crippen molar-refractivity contribution in [1.29, 1.82) is 0 Å². The molecule has 12 heteroatoms. The lowest BCUT2D eigenvalue weighted by molar-refractivity contribution is 0.0626. The third-order valence-electron chi connectivity index (χ3n) is 6.29. The maximum Gasteiger partial charge on any atom is 0.288 e. The fraction of sp³-hybridized carbons (Fsp3) is 0.455. The highest BCUT2D eigenvalue weighted by Gasteiger charge is 2.26. The van der Waals surface area contributed by atoms with Crippen molar-refractivity contribution < 1.29 is 19.0 Å². The second-order valence-corrected chi connectivity index (χ2v) is 9.35. The van der Waals surface area contributed by atoms with Gasteiger partial charge in [0.25, 0.3) is 11.5 Å². The molecule has 34 heavy (non-hydrogen) atoms. The van der Waals surface area contributed by atoms with Crippen LogP contribution in [0.5, 0.6) is 11.5 Å². The molecule has 5 heterocycles. The summed E-state index contributed by atoms with van der Waals surface area (Å²) in [7, 11) is 0. The molecule has 2 fully saturated rings. The van der Waals surface area contributed by atoms with Gasteiger partial charge in [-0.05, 0) is 17.7 Å². The number of morpholine rings is 1. The van der Waals surface area contributed by atoms with Crippen molar-refractivity contribution in [3.63, 3.8) is 0 Å². The van der Waals surface area contributed by atoms with Crippen LogP contribution in [0.1, 0.15) is 15.9 Å². The molecule has 178 valence electrons.